The number of carbonyl (C=O) groups excluding carboxylic acids is 1. The fraction of sp³-hybridized carbons (Fsp3) is 0.222. The van der Waals surface area contributed by atoms with Gasteiger partial charge in [-0.1, -0.05) is 48.5 Å². The lowest BCUT2D eigenvalue weighted by Crippen LogP contribution is -2.39. The van der Waals surface area contributed by atoms with E-state index >= 15 is 0 Å². The zero-order chi connectivity index (χ0) is 25.0. The molecule has 3 aromatic carbocycles. The number of nitrogens with zero attached hydrogens (tertiary/aromatic N) is 1. The number of para-hydroxylation sites is 1. The number of nitrogens with one attached hydrogen (secondary N) is 3. The molecule has 0 saturated carbocycles. The van der Waals surface area contributed by atoms with Crippen LogP contribution in [0.2, 0.25) is 0 Å². The quantitative estimate of drug-likeness (QED) is 0.405. The smallest absolute Gasteiger partial charge is 0.258 e. The summed E-state index contributed by atoms with van der Waals surface area (Å²) >= 11 is 0. The van der Waals surface area contributed by atoms with E-state index < -0.39 is 10.0 Å². The highest BCUT2D eigenvalue weighted by atomic mass is 32.2. The summed E-state index contributed by atoms with van der Waals surface area (Å²) in [4.78, 5) is 15.0. The summed E-state index contributed by atoms with van der Waals surface area (Å²) in [7, 11) is -3.48. The normalized spacial score (nSPS) is 17.3. The van der Waals surface area contributed by atoms with E-state index in [1.54, 1.807) is 24.3 Å². The number of morpholine rings is 1. The Labute approximate surface area is 211 Å². The molecule has 1 saturated heterocycles. The van der Waals surface area contributed by atoms with E-state index in [-0.39, 0.29) is 11.7 Å². The topological polar surface area (TPSA) is 99.8 Å². The van der Waals surface area contributed by atoms with Crippen LogP contribution in [0.15, 0.2) is 78.9 Å². The molecule has 1 amide bonds. The minimum absolute atomic E-state index is 0.0196. The van der Waals surface area contributed by atoms with Crippen molar-refractivity contribution in [2.45, 2.75) is 0 Å². The summed E-state index contributed by atoms with van der Waals surface area (Å²) in [6.07, 6.45) is 0. The predicted octanol–water partition coefficient (Wildman–Crippen LogP) is 3.69. The summed E-state index contributed by atoms with van der Waals surface area (Å²) in [6.45, 7) is 3.23. The van der Waals surface area contributed by atoms with Crippen molar-refractivity contribution >= 4 is 44.3 Å². The molecule has 0 unspecified atom stereocenters. The van der Waals surface area contributed by atoms with Crippen LogP contribution in [0.1, 0.15) is 11.1 Å². The van der Waals surface area contributed by atoms with E-state index in [0.717, 1.165) is 35.6 Å². The molecule has 5 rings (SSSR count). The van der Waals surface area contributed by atoms with Gasteiger partial charge in [-0.2, -0.15) is 0 Å². The van der Waals surface area contributed by atoms with Gasteiger partial charge in [-0.3, -0.25) is 14.4 Å². The van der Waals surface area contributed by atoms with Crippen LogP contribution in [0.4, 0.5) is 17.1 Å². The molecule has 0 atom stereocenters. The van der Waals surface area contributed by atoms with Crippen LogP contribution in [-0.4, -0.2) is 57.8 Å². The van der Waals surface area contributed by atoms with Gasteiger partial charge in [-0.05, 0) is 35.9 Å². The second kappa shape index (κ2) is 10.5. The number of rotatable bonds is 8. The predicted molar refractivity (Wildman–Crippen MR) is 143 cm³/mol. The van der Waals surface area contributed by atoms with Gasteiger partial charge in [0.2, 0.25) is 10.0 Å². The molecule has 2 aliphatic rings. The van der Waals surface area contributed by atoms with Crippen LogP contribution in [0, 0.1) is 0 Å². The molecule has 3 aromatic rings. The number of carbonyl (C=O) groups is 1. The molecule has 0 radical (unpaired) electrons. The largest absolute Gasteiger partial charge is 0.379 e. The summed E-state index contributed by atoms with van der Waals surface area (Å²) in [6, 6.07) is 24.3. The third-order valence-electron chi connectivity index (χ3n) is 6.19. The molecule has 0 bridgehead atoms. The Morgan fingerprint density at radius 2 is 1.56 bits per heavy atom. The molecule has 2 aliphatic heterocycles. The molecule has 186 valence electrons. The lowest BCUT2D eigenvalue weighted by atomic mass is 10.00. The van der Waals surface area contributed by atoms with Crippen LogP contribution in [0.3, 0.4) is 0 Å². The van der Waals surface area contributed by atoms with Crippen molar-refractivity contribution < 1.29 is 17.9 Å². The first kappa shape index (κ1) is 24.1. The maximum atomic E-state index is 12.9. The van der Waals surface area contributed by atoms with E-state index in [9.17, 15) is 13.2 Å². The van der Waals surface area contributed by atoms with Crippen molar-refractivity contribution in [3.63, 3.8) is 0 Å². The van der Waals surface area contributed by atoms with Gasteiger partial charge in [0.25, 0.3) is 5.91 Å². The van der Waals surface area contributed by atoms with E-state index in [4.69, 9.17) is 4.74 Å². The number of fused-ring (bicyclic) bond motifs is 1. The third-order valence-corrected chi connectivity index (χ3v) is 7.46. The van der Waals surface area contributed by atoms with E-state index in [2.05, 4.69) is 20.3 Å². The fourth-order valence-electron chi connectivity index (χ4n) is 4.32. The standard InChI is InChI=1S/C27H28N4O4S/c32-27-25(23-8-4-5-9-24(23)29-27)26(20-6-2-1-3-7-20)28-21-10-12-22(13-11-21)30-36(33,34)19-16-31-14-17-35-18-15-31/h1-13,28,30H,14-19H2,(H,29,32). The molecule has 0 spiro atoms. The number of benzene rings is 3. The van der Waals surface area contributed by atoms with Crippen LogP contribution in [-0.2, 0) is 19.6 Å². The van der Waals surface area contributed by atoms with Crippen LogP contribution < -0.4 is 15.4 Å². The first-order valence-electron chi connectivity index (χ1n) is 11.9. The number of amides is 1. The Morgan fingerprint density at radius 1 is 0.889 bits per heavy atom. The SMILES string of the molecule is O=C1Nc2ccccc2C1=C(Nc1ccc(NS(=O)(=O)CCN2CCOCC2)cc1)c1ccccc1. The summed E-state index contributed by atoms with van der Waals surface area (Å²) in [5.74, 6) is -0.154. The van der Waals surface area contributed by atoms with Gasteiger partial charge in [-0.25, -0.2) is 8.42 Å². The molecule has 2 heterocycles. The van der Waals surface area contributed by atoms with Crippen LogP contribution in [0.25, 0.3) is 11.3 Å². The van der Waals surface area contributed by atoms with Gasteiger partial charge in [0.15, 0.2) is 0 Å². The second-order valence-corrected chi connectivity index (χ2v) is 10.5. The summed E-state index contributed by atoms with van der Waals surface area (Å²) in [5.41, 5.74) is 4.93. The van der Waals surface area contributed by atoms with Gasteiger partial charge in [0.1, 0.15) is 0 Å². The lowest BCUT2D eigenvalue weighted by Gasteiger charge is -2.26. The third kappa shape index (κ3) is 5.59. The first-order valence-corrected chi connectivity index (χ1v) is 13.5. The monoisotopic (exact) mass is 504 g/mol. The molecular weight excluding hydrogens is 476 g/mol. The van der Waals surface area contributed by atoms with Crippen molar-refractivity contribution in [2.24, 2.45) is 0 Å². The molecule has 9 heteroatoms. The molecule has 8 nitrogen and oxygen atoms in total. The average molecular weight is 505 g/mol. The Bertz CT molecular complexity index is 1370. The van der Waals surface area contributed by atoms with Gasteiger partial charge >= 0.3 is 0 Å². The van der Waals surface area contributed by atoms with Crippen molar-refractivity contribution in [3.05, 3.63) is 90.0 Å². The van der Waals surface area contributed by atoms with Crippen molar-refractivity contribution in [1.82, 2.24) is 4.90 Å². The zero-order valence-electron chi connectivity index (χ0n) is 19.7. The molecule has 1 fully saturated rings. The van der Waals surface area contributed by atoms with Gasteiger partial charge in [0.05, 0.1) is 30.2 Å². The Balaban J connectivity index is 1.35. The number of sulfonamides is 1. The molecular formula is C27H28N4O4S. The number of anilines is 3. The Kier molecular flexibility index (Phi) is 7.04. The average Bonchev–Trinajstić information content (AvgIpc) is 3.23. The number of hydrogen-bond donors (Lipinski definition) is 3. The van der Waals surface area contributed by atoms with Crippen molar-refractivity contribution in [1.29, 1.82) is 0 Å². The molecule has 3 N–H and O–H groups in total. The highest BCUT2D eigenvalue weighted by Gasteiger charge is 2.28. The van der Waals surface area contributed by atoms with E-state index in [0.29, 0.717) is 36.7 Å². The van der Waals surface area contributed by atoms with E-state index in [1.165, 1.54) is 0 Å². The minimum atomic E-state index is -3.48. The van der Waals surface area contributed by atoms with Gasteiger partial charge in [0, 0.05) is 42.3 Å². The highest BCUT2D eigenvalue weighted by molar-refractivity contribution is 7.92. The maximum absolute atomic E-state index is 12.9. The summed E-state index contributed by atoms with van der Waals surface area (Å²) in [5, 5.41) is 6.32. The highest BCUT2D eigenvalue weighted by Crippen LogP contribution is 2.37. The summed E-state index contributed by atoms with van der Waals surface area (Å²) < 4.78 is 33.1. The first-order chi connectivity index (χ1) is 17.5. The molecule has 36 heavy (non-hydrogen) atoms. The molecule has 0 aromatic heterocycles. The number of ether oxygens (including phenoxy) is 1. The second-order valence-electron chi connectivity index (χ2n) is 8.69. The van der Waals surface area contributed by atoms with Gasteiger partial charge < -0.3 is 15.4 Å². The molecule has 0 aliphatic carbocycles. The lowest BCUT2D eigenvalue weighted by molar-refractivity contribution is -0.110. The van der Waals surface area contributed by atoms with Gasteiger partial charge in [-0.15, -0.1) is 0 Å². The maximum Gasteiger partial charge on any atom is 0.258 e. The van der Waals surface area contributed by atoms with Crippen LogP contribution in [0.5, 0.6) is 0 Å². The van der Waals surface area contributed by atoms with E-state index in [1.807, 2.05) is 54.6 Å². The zero-order valence-corrected chi connectivity index (χ0v) is 20.6. The van der Waals surface area contributed by atoms with Crippen LogP contribution >= 0.6 is 0 Å². The van der Waals surface area contributed by atoms with Crippen molar-refractivity contribution in [3.8, 4) is 0 Å². The Morgan fingerprint density at radius 3 is 2.31 bits per heavy atom. The fourth-order valence-corrected chi connectivity index (χ4v) is 5.42. The number of hydrogen-bond acceptors (Lipinski definition) is 6. The minimum Gasteiger partial charge on any atom is -0.379 e. The Hall–Kier alpha value is -3.66. The van der Waals surface area contributed by atoms with Crippen molar-refractivity contribution in [2.75, 3.05) is 54.0 Å².